The zero-order chi connectivity index (χ0) is 30.8. The minimum atomic E-state index is 0. The molecule has 0 heterocycles. The second kappa shape index (κ2) is 28.1. The van der Waals surface area contributed by atoms with Gasteiger partial charge in [0.2, 0.25) is 0 Å². The first-order chi connectivity index (χ1) is 20.4. The smallest absolute Gasteiger partial charge is 0.269 e. The van der Waals surface area contributed by atoms with Crippen LogP contribution in [0.3, 0.4) is 0 Å². The van der Waals surface area contributed by atoms with E-state index in [1.165, 1.54) is 85.5 Å². The minimum Gasteiger partial charge on any atom is -0.269 e. The van der Waals surface area contributed by atoms with E-state index in [4.69, 9.17) is 0 Å². The maximum Gasteiger partial charge on any atom is 2.00 e. The Morgan fingerprint density at radius 3 is 1.30 bits per heavy atom. The molecule has 4 rings (SSSR count). The van der Waals surface area contributed by atoms with Gasteiger partial charge in [-0.1, -0.05) is 137 Å². The number of unbranched alkanes of at least 4 members (excludes halogenated alkanes) is 2. The van der Waals surface area contributed by atoms with E-state index in [2.05, 4.69) is 129 Å². The van der Waals surface area contributed by atoms with Crippen LogP contribution in [0, 0.1) is 12.2 Å². The van der Waals surface area contributed by atoms with Gasteiger partial charge in [0.1, 0.15) is 0 Å². The van der Waals surface area contributed by atoms with E-state index in [0.29, 0.717) is 0 Å². The van der Waals surface area contributed by atoms with Crippen LogP contribution >= 0.6 is 0 Å². The van der Waals surface area contributed by atoms with Crippen LogP contribution < -0.4 is 0 Å². The van der Waals surface area contributed by atoms with Crippen molar-refractivity contribution in [2.45, 2.75) is 105 Å². The summed E-state index contributed by atoms with van der Waals surface area (Å²) in [5.74, 6) is 0. The van der Waals surface area contributed by atoms with Crippen molar-refractivity contribution in [3.8, 4) is 0 Å². The first-order valence-electron chi connectivity index (χ1n) is 15.9. The number of hydrogen-bond acceptors (Lipinski definition) is 1. The molecule has 3 heteroatoms. The number of allylic oxidation sites excluding steroid dienone is 10. The number of benzene rings is 2. The van der Waals surface area contributed by atoms with Crippen LogP contribution in [0.2, 0.25) is 0 Å². The summed E-state index contributed by atoms with van der Waals surface area (Å²) in [4.78, 5) is 0. The molecule has 2 aromatic rings. The quantitative estimate of drug-likeness (QED) is 0.163. The van der Waals surface area contributed by atoms with Gasteiger partial charge in [0.15, 0.2) is 0 Å². The SMILES string of the molecule is C(C=Cc1ccccc1)=Cc1ccccc1.CC(C)[N]([In])C(C)C.CCCCC1=[C-]CC=C1.CCCCC1=[C-]CC=C1.[Zr+2]. The molecule has 2 aliphatic carbocycles. The number of rotatable bonds is 11. The van der Waals surface area contributed by atoms with E-state index < -0.39 is 0 Å². The van der Waals surface area contributed by atoms with Gasteiger partial charge in [-0.3, -0.25) is 12.2 Å². The van der Waals surface area contributed by atoms with Crippen LogP contribution in [0.4, 0.5) is 0 Å². The molecule has 43 heavy (non-hydrogen) atoms. The van der Waals surface area contributed by atoms with Gasteiger partial charge in [0, 0.05) is 0 Å². The van der Waals surface area contributed by atoms with Crippen molar-refractivity contribution in [1.82, 2.24) is 2.89 Å². The third-order valence-electron chi connectivity index (χ3n) is 6.61. The van der Waals surface area contributed by atoms with Crippen molar-refractivity contribution in [2.24, 2.45) is 0 Å². The predicted molar refractivity (Wildman–Crippen MR) is 189 cm³/mol. The molecule has 0 amide bonds. The Morgan fingerprint density at radius 2 is 1.05 bits per heavy atom. The summed E-state index contributed by atoms with van der Waals surface area (Å²) in [6, 6.07) is 22.0. The number of hydrogen-bond donors (Lipinski definition) is 0. The van der Waals surface area contributed by atoms with Crippen LogP contribution in [0.1, 0.15) is 104 Å². The summed E-state index contributed by atoms with van der Waals surface area (Å²) < 4.78 is 2.46. The summed E-state index contributed by atoms with van der Waals surface area (Å²) in [5, 5.41) is 0. The topological polar surface area (TPSA) is 3.24 Å². The standard InChI is InChI=1S/C16H14.2C9H13.C6H14N.In.Zr/c1-3-9-15(10-4-1)13-7-8-14-16-11-5-2-6-12-16;2*1-2-3-6-9-7-4-5-8-9;1-5(2)7-6(3)4;;/h1-14H;2*4,7H,2-3,5-6H2,1H3;5-6H,1-4H3;;/q;3*-1;+1;+2. The summed E-state index contributed by atoms with van der Waals surface area (Å²) in [7, 11) is 0. The van der Waals surface area contributed by atoms with Crippen LogP contribution in [0.15, 0.2) is 108 Å². The maximum absolute atomic E-state index is 3.30. The van der Waals surface area contributed by atoms with Gasteiger partial charge >= 0.3 is 93.5 Å². The molecule has 2 radical (unpaired) electrons. The van der Waals surface area contributed by atoms with Gasteiger partial charge < -0.3 is 0 Å². The van der Waals surface area contributed by atoms with Crippen LogP contribution in [0.25, 0.3) is 12.2 Å². The van der Waals surface area contributed by atoms with E-state index in [9.17, 15) is 0 Å². The van der Waals surface area contributed by atoms with Gasteiger partial charge in [-0.15, -0.1) is 12.8 Å². The second-order valence-corrected chi connectivity index (χ2v) is 12.7. The van der Waals surface area contributed by atoms with Gasteiger partial charge in [-0.05, 0) is 11.1 Å². The Bertz CT molecular complexity index is 1020. The Balaban J connectivity index is 0.000000571. The Hall–Kier alpha value is -1.41. The molecule has 0 aliphatic heterocycles. The first kappa shape index (κ1) is 41.6. The third kappa shape index (κ3) is 22.7. The van der Waals surface area contributed by atoms with Gasteiger partial charge in [-0.2, -0.15) is 12.2 Å². The van der Waals surface area contributed by atoms with Gasteiger partial charge in [0.05, 0.1) is 0 Å². The molecule has 1 nitrogen and oxygen atoms in total. The number of nitrogens with zero attached hydrogens (tertiary/aromatic N) is 1. The molecule has 0 aromatic heterocycles. The molecule has 2 aliphatic rings. The average molecular weight is 755 g/mol. The predicted octanol–water partition coefficient (Wildman–Crippen LogP) is 11.3. The molecule has 2 aromatic carbocycles. The Morgan fingerprint density at radius 1 is 0.674 bits per heavy atom. The van der Waals surface area contributed by atoms with E-state index in [1.807, 2.05) is 36.4 Å². The molecule has 0 fully saturated rings. The molecule has 0 spiro atoms. The largest absolute Gasteiger partial charge is 2.00 e. The van der Waals surface area contributed by atoms with Crippen molar-refractivity contribution in [1.29, 1.82) is 0 Å². The molecule has 0 unspecified atom stereocenters. The first-order valence-corrected chi connectivity index (χ1v) is 17.3. The fraction of sp³-hybridized carbons (Fsp3) is 0.400. The van der Waals surface area contributed by atoms with E-state index in [1.54, 1.807) is 0 Å². The molecular weight excluding hydrogens is 700 g/mol. The third-order valence-corrected chi connectivity index (χ3v) is 10.0. The summed E-state index contributed by atoms with van der Waals surface area (Å²) in [6.45, 7) is 13.4. The molecule has 0 N–H and O–H groups in total. The van der Waals surface area contributed by atoms with Crippen molar-refractivity contribution in [2.75, 3.05) is 0 Å². The average Bonchev–Trinajstić information content (AvgIpc) is 3.74. The molecule has 0 saturated carbocycles. The normalized spacial score (nSPS) is 13.2. The Labute approximate surface area is 300 Å². The summed E-state index contributed by atoms with van der Waals surface area (Å²) in [5.41, 5.74) is 5.27. The summed E-state index contributed by atoms with van der Waals surface area (Å²) >= 11 is 1.25. The van der Waals surface area contributed by atoms with Gasteiger partial charge in [0.25, 0.3) is 0 Å². The summed E-state index contributed by atoms with van der Waals surface area (Å²) in [6.07, 6.45) is 33.4. The molecule has 0 bridgehead atoms. The molecule has 226 valence electrons. The van der Waals surface area contributed by atoms with E-state index in [0.717, 1.165) is 24.9 Å². The monoisotopic (exact) mass is 753 g/mol. The Kier molecular flexibility index (Phi) is 27.2. The molecule has 0 saturated heterocycles. The van der Waals surface area contributed by atoms with Crippen LogP contribution in [0.5, 0.6) is 0 Å². The zero-order valence-corrected chi connectivity index (χ0v) is 33.5. The fourth-order valence-electron chi connectivity index (χ4n) is 4.04. The maximum atomic E-state index is 3.30. The molecule has 0 atom stereocenters. The fourth-order valence-corrected chi connectivity index (χ4v) is 4.04. The van der Waals surface area contributed by atoms with Gasteiger partial charge in [-0.25, -0.2) is 23.3 Å². The van der Waals surface area contributed by atoms with Crippen LogP contribution in [-0.4, -0.2) is 39.6 Å². The van der Waals surface area contributed by atoms with Crippen molar-refractivity contribution < 1.29 is 26.2 Å². The van der Waals surface area contributed by atoms with E-state index >= 15 is 0 Å². The molecular formula is C40H54InNZr. The minimum absolute atomic E-state index is 0. The second-order valence-electron chi connectivity index (χ2n) is 11.0. The van der Waals surface area contributed by atoms with Crippen molar-refractivity contribution in [3.63, 3.8) is 0 Å². The van der Waals surface area contributed by atoms with E-state index in [-0.39, 0.29) is 26.2 Å². The van der Waals surface area contributed by atoms with Crippen molar-refractivity contribution in [3.05, 3.63) is 132 Å². The van der Waals surface area contributed by atoms with Crippen LogP contribution in [-0.2, 0) is 26.2 Å². The zero-order valence-electron chi connectivity index (χ0n) is 27.7. The van der Waals surface area contributed by atoms with Crippen molar-refractivity contribution >= 4 is 36.8 Å².